The predicted octanol–water partition coefficient (Wildman–Crippen LogP) is 8.21. The summed E-state index contributed by atoms with van der Waals surface area (Å²) < 4.78 is 32.9. The number of ether oxygens (including phenoxy) is 2. The molecule has 0 saturated carbocycles. The number of hydrogen-bond donors (Lipinski definition) is 2. The van der Waals surface area contributed by atoms with E-state index in [0.29, 0.717) is 33.2 Å². The van der Waals surface area contributed by atoms with Gasteiger partial charge in [-0.15, -0.1) is 0 Å². The molecule has 5 atom stereocenters. The van der Waals surface area contributed by atoms with E-state index in [1.807, 2.05) is 40.4 Å². The van der Waals surface area contributed by atoms with E-state index < -0.39 is 61.2 Å². The van der Waals surface area contributed by atoms with E-state index in [2.05, 4.69) is 83.1 Å². The molecular formula is C32H69NO7Si3. The number of aliphatic hydroxyl groups excluding tert-OH is 2. The fourth-order valence-electron chi connectivity index (χ4n) is 7.43. The van der Waals surface area contributed by atoms with Crippen molar-refractivity contribution < 1.29 is 33.0 Å². The van der Waals surface area contributed by atoms with Gasteiger partial charge >= 0.3 is 6.08 Å². The molecule has 2 N–H and O–H groups in total. The monoisotopic (exact) mass is 663 g/mol. The second-order valence-corrected chi connectivity index (χ2v) is 31.7. The predicted molar refractivity (Wildman–Crippen MR) is 186 cm³/mol. The first-order valence-corrected chi connectivity index (χ1v) is 24.3. The van der Waals surface area contributed by atoms with Crippen LogP contribution < -0.4 is 0 Å². The lowest BCUT2D eigenvalue weighted by molar-refractivity contribution is -0.244. The Morgan fingerprint density at radius 3 is 1.51 bits per heavy atom. The van der Waals surface area contributed by atoms with Crippen molar-refractivity contribution in [1.82, 2.24) is 0 Å². The van der Waals surface area contributed by atoms with Crippen LogP contribution in [0.15, 0.2) is 4.99 Å². The maximum absolute atomic E-state index is 12.1. The summed E-state index contributed by atoms with van der Waals surface area (Å²) in [5, 5.41) is 23.5. The van der Waals surface area contributed by atoms with Crippen molar-refractivity contribution in [3.05, 3.63) is 0 Å². The summed E-state index contributed by atoms with van der Waals surface area (Å²) in [6.45, 7) is 39.0. The van der Waals surface area contributed by atoms with Crippen LogP contribution in [-0.4, -0.2) is 84.1 Å². The van der Waals surface area contributed by atoms with E-state index in [4.69, 9.17) is 27.7 Å². The molecule has 1 fully saturated rings. The number of aliphatic imine (C=N–C) groups is 1. The van der Waals surface area contributed by atoms with Gasteiger partial charge < -0.3 is 33.0 Å². The van der Waals surface area contributed by atoms with Crippen molar-refractivity contribution in [1.29, 1.82) is 0 Å². The second-order valence-electron chi connectivity index (χ2n) is 16.4. The van der Waals surface area contributed by atoms with Crippen LogP contribution in [-0.2, 0) is 22.8 Å². The van der Waals surface area contributed by atoms with E-state index in [1.165, 1.54) is 0 Å². The molecule has 1 unspecified atom stereocenters. The number of rotatable bonds is 13. The Labute approximate surface area is 268 Å². The molecule has 0 spiro atoms. The van der Waals surface area contributed by atoms with Crippen LogP contribution in [0, 0.1) is 0 Å². The average Bonchev–Trinajstić information content (AvgIpc) is 2.78. The van der Waals surface area contributed by atoms with Gasteiger partial charge in [-0.25, -0.2) is 4.99 Å². The Morgan fingerprint density at radius 1 is 0.744 bits per heavy atom. The maximum Gasteiger partial charge on any atom is 0.370 e. The van der Waals surface area contributed by atoms with Crippen molar-refractivity contribution in [3.8, 4) is 0 Å². The second kappa shape index (κ2) is 15.5. The molecule has 8 nitrogen and oxygen atoms in total. The fraction of sp³-hybridized carbons (Fsp3) is 0.969. The van der Waals surface area contributed by atoms with Crippen molar-refractivity contribution in [2.75, 3.05) is 6.61 Å². The molecule has 256 valence electrons. The lowest BCUT2D eigenvalue weighted by Crippen LogP contribution is -2.64. The highest BCUT2D eigenvalue weighted by atomic mass is 28.4. The summed E-state index contributed by atoms with van der Waals surface area (Å²) in [5.74, 6) is 0. The lowest BCUT2D eigenvalue weighted by Gasteiger charge is -2.51. The van der Waals surface area contributed by atoms with Gasteiger partial charge in [-0.1, -0.05) is 83.1 Å². The number of nitrogens with zero attached hydrogens (tertiary/aromatic N) is 1. The zero-order valence-electron chi connectivity index (χ0n) is 30.9. The summed E-state index contributed by atoms with van der Waals surface area (Å²) in [6, 6.07) is -1.05. The van der Waals surface area contributed by atoms with Crippen LogP contribution in [0.25, 0.3) is 0 Å². The fourth-order valence-corrected chi connectivity index (χ4v) is 19.1. The van der Waals surface area contributed by atoms with Crippen molar-refractivity contribution >= 4 is 31.0 Å². The van der Waals surface area contributed by atoms with Gasteiger partial charge in [0, 0.05) is 0 Å². The first-order valence-electron chi connectivity index (χ1n) is 16.6. The van der Waals surface area contributed by atoms with Crippen LogP contribution in [0.2, 0.25) is 52.9 Å². The molecule has 0 aromatic rings. The molecular weight excluding hydrogens is 595 g/mol. The zero-order chi connectivity index (χ0) is 33.9. The summed E-state index contributed by atoms with van der Waals surface area (Å²) >= 11 is 0. The highest BCUT2D eigenvalue weighted by Gasteiger charge is 2.54. The molecule has 1 aliphatic rings. The normalized spacial score (nSPS) is 25.2. The quantitative estimate of drug-likeness (QED) is 0.116. The van der Waals surface area contributed by atoms with Gasteiger partial charge in [-0.3, -0.25) is 0 Å². The molecule has 0 amide bonds. The minimum atomic E-state index is -2.48. The molecule has 1 rings (SSSR count). The van der Waals surface area contributed by atoms with E-state index in [1.54, 1.807) is 0 Å². The molecule has 1 aliphatic heterocycles. The third-order valence-corrected chi connectivity index (χ3v) is 21.9. The van der Waals surface area contributed by atoms with Gasteiger partial charge in [0.15, 0.2) is 14.6 Å². The molecule has 0 aromatic heterocycles. The molecule has 0 aliphatic carbocycles. The van der Waals surface area contributed by atoms with Crippen LogP contribution in [0.3, 0.4) is 0 Å². The van der Waals surface area contributed by atoms with Gasteiger partial charge in [0.2, 0.25) is 16.6 Å². The van der Waals surface area contributed by atoms with Gasteiger partial charge in [0.05, 0.1) is 6.61 Å². The van der Waals surface area contributed by atoms with Crippen molar-refractivity contribution in [2.45, 2.75) is 193 Å². The van der Waals surface area contributed by atoms with E-state index >= 15 is 0 Å². The van der Waals surface area contributed by atoms with E-state index in [9.17, 15) is 10.2 Å². The molecule has 43 heavy (non-hydrogen) atoms. The zero-order valence-corrected chi connectivity index (χ0v) is 33.9. The Hall–Kier alpha value is -0.279. The Morgan fingerprint density at radius 2 is 1.16 bits per heavy atom. The van der Waals surface area contributed by atoms with Crippen LogP contribution in [0.4, 0.5) is 0 Å². The van der Waals surface area contributed by atoms with E-state index in [0.717, 1.165) is 0 Å². The largest absolute Gasteiger partial charge is 0.506 e. The SMILES string of the molecule is CC(C)[Si](OC[C@@H]1OC(O)[C@@H](N=C(OC(C)(C)C)O[Si](C)(C)C)[C@@H](O)[C@H]1O[Si](C(C)C)(C(C)C)C(C)C)(C(C)C)C(C)C. The van der Waals surface area contributed by atoms with Gasteiger partial charge in [-0.2, -0.15) is 0 Å². The summed E-state index contributed by atoms with van der Waals surface area (Å²) in [5.41, 5.74) is 1.45. The molecule has 0 aromatic carbocycles. The van der Waals surface area contributed by atoms with Crippen LogP contribution >= 0.6 is 0 Å². The van der Waals surface area contributed by atoms with E-state index in [-0.39, 0.29) is 12.7 Å². The van der Waals surface area contributed by atoms with Gasteiger partial charge in [-0.05, 0) is 73.7 Å². The van der Waals surface area contributed by atoms with Gasteiger partial charge in [0.1, 0.15) is 30.0 Å². The van der Waals surface area contributed by atoms with Crippen LogP contribution in [0.1, 0.15) is 104 Å². The Kier molecular flexibility index (Phi) is 14.7. The summed E-state index contributed by atoms with van der Waals surface area (Å²) in [4.78, 5) is 4.70. The maximum atomic E-state index is 12.1. The highest BCUT2D eigenvalue weighted by molar-refractivity contribution is 6.78. The first kappa shape index (κ1) is 40.7. The molecule has 11 heteroatoms. The molecule has 1 heterocycles. The minimum Gasteiger partial charge on any atom is -0.506 e. The number of hydrogen-bond acceptors (Lipinski definition) is 8. The Bertz CT molecular complexity index is 820. The number of aliphatic hydroxyl groups is 2. The topological polar surface area (TPSA) is 99.0 Å². The lowest BCUT2D eigenvalue weighted by atomic mass is 9.98. The van der Waals surface area contributed by atoms with Crippen molar-refractivity contribution in [2.24, 2.45) is 4.99 Å². The third kappa shape index (κ3) is 10.1. The highest BCUT2D eigenvalue weighted by Crippen LogP contribution is 2.46. The van der Waals surface area contributed by atoms with Gasteiger partial charge in [0.25, 0.3) is 0 Å². The Balaban J connectivity index is 3.73. The first-order chi connectivity index (χ1) is 19.3. The molecule has 1 saturated heterocycles. The summed E-state index contributed by atoms with van der Waals surface area (Å²) in [6.07, 6.45) is -3.87. The average molecular weight is 664 g/mol. The minimum absolute atomic E-state index is 0.0674. The third-order valence-electron chi connectivity index (χ3n) is 8.95. The van der Waals surface area contributed by atoms with Crippen LogP contribution in [0.5, 0.6) is 0 Å². The van der Waals surface area contributed by atoms with Crippen molar-refractivity contribution in [3.63, 3.8) is 0 Å². The summed E-state index contributed by atoms with van der Waals surface area (Å²) in [7, 11) is -6.86. The standard InChI is InChI=1S/C32H69NO7Si3/c1-20(2)42(21(3)4,22(5)6)36-19-26-29(39-43(23(7)8,24(9)10)25(11)12)28(34)27(30(35)37-26)33-31(38-32(13,14)15)40-41(16,17)18/h20-30,34-35H,19H2,1-18H3/t26-,27-,28+,29-,30?/m0/s1. The molecule has 0 bridgehead atoms. The molecule has 0 radical (unpaired) electrons. The smallest absolute Gasteiger partial charge is 0.370 e.